The van der Waals surface area contributed by atoms with Gasteiger partial charge in [0.1, 0.15) is 5.60 Å². The minimum absolute atomic E-state index is 0.0898. The summed E-state index contributed by atoms with van der Waals surface area (Å²) in [7, 11) is 0. The van der Waals surface area contributed by atoms with E-state index in [2.05, 4.69) is 5.32 Å². The lowest BCUT2D eigenvalue weighted by atomic mass is 9.82. The van der Waals surface area contributed by atoms with Crippen molar-refractivity contribution >= 4 is 17.9 Å². The predicted molar refractivity (Wildman–Crippen MR) is 88.0 cm³/mol. The van der Waals surface area contributed by atoms with Crippen molar-refractivity contribution in [2.75, 3.05) is 5.75 Å². The average molecular weight is 361 g/mol. The van der Waals surface area contributed by atoms with Gasteiger partial charge in [-0.25, -0.2) is 4.79 Å². The van der Waals surface area contributed by atoms with Crippen LogP contribution in [0.4, 0.5) is 18.0 Å². The fraction of sp³-hybridized carbons (Fsp3) is 0.588. The number of ether oxygens (including phenoxy) is 1. The molecule has 3 nitrogen and oxygen atoms in total. The highest BCUT2D eigenvalue weighted by Crippen LogP contribution is 2.35. The molecule has 134 valence electrons. The molecule has 1 aromatic carbocycles. The highest BCUT2D eigenvalue weighted by atomic mass is 32.2. The molecule has 0 bridgehead atoms. The Bertz CT molecular complexity index is 578. The van der Waals surface area contributed by atoms with Crippen molar-refractivity contribution in [3.63, 3.8) is 0 Å². The molecule has 0 radical (unpaired) electrons. The molecule has 0 aliphatic heterocycles. The third-order valence-electron chi connectivity index (χ3n) is 3.60. The average Bonchev–Trinajstić information content (AvgIpc) is 2.38. The molecule has 0 spiro atoms. The molecular weight excluding hydrogens is 339 g/mol. The Morgan fingerprint density at radius 3 is 2.54 bits per heavy atom. The van der Waals surface area contributed by atoms with E-state index in [1.165, 1.54) is 23.9 Å². The number of benzene rings is 1. The molecule has 0 heterocycles. The minimum Gasteiger partial charge on any atom is -0.444 e. The lowest BCUT2D eigenvalue weighted by molar-refractivity contribution is -0.137. The molecular formula is C17H22F3NO2S. The zero-order valence-electron chi connectivity index (χ0n) is 13.9. The van der Waals surface area contributed by atoms with Gasteiger partial charge in [0.15, 0.2) is 0 Å². The summed E-state index contributed by atoms with van der Waals surface area (Å²) in [5.74, 6) is 1.14. The van der Waals surface area contributed by atoms with E-state index in [0.29, 0.717) is 10.8 Å². The van der Waals surface area contributed by atoms with Crippen molar-refractivity contribution in [1.82, 2.24) is 5.32 Å². The van der Waals surface area contributed by atoms with Gasteiger partial charge in [-0.05, 0) is 57.7 Å². The van der Waals surface area contributed by atoms with E-state index in [1.54, 1.807) is 6.07 Å². The summed E-state index contributed by atoms with van der Waals surface area (Å²) in [5.41, 5.74) is -1.14. The van der Waals surface area contributed by atoms with Crippen molar-refractivity contribution < 1.29 is 22.7 Å². The quantitative estimate of drug-likeness (QED) is 0.758. The monoisotopic (exact) mass is 361 g/mol. The molecule has 0 unspecified atom stereocenters. The van der Waals surface area contributed by atoms with Crippen molar-refractivity contribution in [3.05, 3.63) is 29.8 Å². The van der Waals surface area contributed by atoms with E-state index in [1.807, 2.05) is 20.8 Å². The summed E-state index contributed by atoms with van der Waals surface area (Å²) < 4.78 is 43.2. The fourth-order valence-corrected chi connectivity index (χ4v) is 3.53. The number of carbonyl (C=O) groups excluding carboxylic acids is 1. The molecule has 1 saturated carbocycles. The Morgan fingerprint density at radius 2 is 1.96 bits per heavy atom. The second-order valence-corrected chi connectivity index (χ2v) is 8.11. The van der Waals surface area contributed by atoms with Gasteiger partial charge in [0.25, 0.3) is 0 Å². The molecule has 2 rings (SSSR count). The molecule has 0 aromatic heterocycles. The summed E-state index contributed by atoms with van der Waals surface area (Å²) in [5, 5.41) is 2.81. The van der Waals surface area contributed by atoms with Gasteiger partial charge in [0.05, 0.1) is 5.56 Å². The molecule has 24 heavy (non-hydrogen) atoms. The van der Waals surface area contributed by atoms with E-state index in [-0.39, 0.29) is 6.04 Å². The van der Waals surface area contributed by atoms with Crippen LogP contribution >= 0.6 is 11.8 Å². The van der Waals surface area contributed by atoms with E-state index >= 15 is 0 Å². The summed E-state index contributed by atoms with van der Waals surface area (Å²) in [6.45, 7) is 5.42. The lowest BCUT2D eigenvalue weighted by Gasteiger charge is -2.36. The zero-order valence-corrected chi connectivity index (χ0v) is 14.8. The number of carbonyl (C=O) groups is 1. The summed E-state index contributed by atoms with van der Waals surface area (Å²) in [6, 6.07) is 5.47. The van der Waals surface area contributed by atoms with Crippen molar-refractivity contribution in [3.8, 4) is 0 Å². The Balaban J connectivity index is 1.72. The van der Waals surface area contributed by atoms with Gasteiger partial charge in [-0.2, -0.15) is 13.2 Å². The smallest absolute Gasteiger partial charge is 0.416 e. The molecule has 1 aliphatic carbocycles. The number of hydrogen-bond donors (Lipinski definition) is 1. The summed E-state index contributed by atoms with van der Waals surface area (Å²) >= 11 is 1.42. The Hall–Kier alpha value is -1.37. The number of nitrogens with one attached hydrogen (secondary N) is 1. The summed E-state index contributed by atoms with van der Waals surface area (Å²) in [6.07, 6.45) is -3.08. The van der Waals surface area contributed by atoms with Crippen LogP contribution in [0.15, 0.2) is 29.2 Å². The first-order chi connectivity index (χ1) is 11.0. The standard InChI is InChI=1S/C17H22F3NO2S/c1-16(2,3)23-15(22)21-13-7-11(8-13)10-24-14-6-4-5-12(9-14)17(18,19)20/h4-6,9,11,13H,7-8,10H2,1-3H3,(H,21,22)/t11-,13-. The van der Waals surface area contributed by atoms with Crippen molar-refractivity contribution in [1.29, 1.82) is 0 Å². The lowest BCUT2D eigenvalue weighted by Crippen LogP contribution is -2.46. The molecule has 1 N–H and O–H groups in total. The number of rotatable bonds is 4. The zero-order chi connectivity index (χ0) is 18.0. The number of hydrogen-bond acceptors (Lipinski definition) is 3. The maximum Gasteiger partial charge on any atom is 0.416 e. The first kappa shape index (κ1) is 19.0. The van der Waals surface area contributed by atoms with Gasteiger partial charge in [-0.1, -0.05) is 6.07 Å². The number of thioether (sulfide) groups is 1. The molecule has 7 heteroatoms. The third kappa shape index (κ3) is 5.92. The van der Waals surface area contributed by atoms with Crippen LogP contribution in [-0.4, -0.2) is 23.5 Å². The van der Waals surface area contributed by atoms with Crippen LogP contribution in [0.2, 0.25) is 0 Å². The largest absolute Gasteiger partial charge is 0.444 e. The van der Waals surface area contributed by atoms with E-state index in [9.17, 15) is 18.0 Å². The maximum atomic E-state index is 12.7. The molecule has 1 aliphatic rings. The van der Waals surface area contributed by atoms with Crippen LogP contribution < -0.4 is 5.32 Å². The second kappa shape index (κ2) is 7.25. The van der Waals surface area contributed by atoms with E-state index in [0.717, 1.165) is 24.7 Å². The van der Waals surface area contributed by atoms with Crippen molar-refractivity contribution in [2.24, 2.45) is 5.92 Å². The van der Waals surface area contributed by atoms with Crippen LogP contribution in [0.5, 0.6) is 0 Å². The molecule has 0 saturated heterocycles. The normalized spacial score (nSPS) is 21.1. The molecule has 1 aromatic rings. The second-order valence-electron chi connectivity index (χ2n) is 7.02. The van der Waals surface area contributed by atoms with Crippen LogP contribution in [-0.2, 0) is 10.9 Å². The molecule has 1 amide bonds. The van der Waals surface area contributed by atoms with Crippen LogP contribution in [0.25, 0.3) is 0 Å². The topological polar surface area (TPSA) is 38.3 Å². The highest BCUT2D eigenvalue weighted by molar-refractivity contribution is 7.99. The number of amides is 1. The fourth-order valence-electron chi connectivity index (χ4n) is 2.44. The Labute approximate surface area is 144 Å². The molecule has 1 fully saturated rings. The van der Waals surface area contributed by atoms with Gasteiger partial charge in [-0.3, -0.25) is 0 Å². The summed E-state index contributed by atoms with van der Waals surface area (Å²) in [4.78, 5) is 12.3. The SMILES string of the molecule is CC(C)(C)OC(=O)N[C@H]1C[C@H](CSc2cccc(C(F)(F)F)c2)C1. The molecule has 0 atom stereocenters. The van der Waals surface area contributed by atoms with Crippen LogP contribution in [0, 0.1) is 5.92 Å². The Kier molecular flexibility index (Phi) is 5.73. The highest BCUT2D eigenvalue weighted by Gasteiger charge is 2.32. The number of alkyl halides is 3. The first-order valence-electron chi connectivity index (χ1n) is 7.82. The van der Waals surface area contributed by atoms with Crippen molar-refractivity contribution in [2.45, 2.75) is 56.3 Å². The van der Waals surface area contributed by atoms with Crippen LogP contribution in [0.1, 0.15) is 39.2 Å². The minimum atomic E-state index is -4.31. The van der Waals surface area contributed by atoms with E-state index < -0.39 is 23.4 Å². The van der Waals surface area contributed by atoms with Gasteiger partial charge < -0.3 is 10.1 Å². The maximum absolute atomic E-state index is 12.7. The Morgan fingerprint density at radius 1 is 1.29 bits per heavy atom. The number of halogens is 3. The first-order valence-corrected chi connectivity index (χ1v) is 8.81. The number of alkyl carbamates (subject to hydrolysis) is 1. The van der Waals surface area contributed by atoms with E-state index in [4.69, 9.17) is 4.74 Å². The predicted octanol–water partition coefficient (Wildman–Crippen LogP) is 5.10. The van der Waals surface area contributed by atoms with Gasteiger partial charge in [0.2, 0.25) is 0 Å². The van der Waals surface area contributed by atoms with Gasteiger partial charge >= 0.3 is 12.3 Å². The van der Waals surface area contributed by atoms with Gasteiger partial charge in [0, 0.05) is 16.7 Å². The third-order valence-corrected chi connectivity index (χ3v) is 4.83. The van der Waals surface area contributed by atoms with Crippen LogP contribution in [0.3, 0.4) is 0 Å². The van der Waals surface area contributed by atoms with Gasteiger partial charge in [-0.15, -0.1) is 11.8 Å².